The zero-order valence-electron chi connectivity index (χ0n) is 8.03. The maximum atomic E-state index is 11.0. The average Bonchev–Trinajstić information content (AvgIpc) is 2.19. The van der Waals surface area contributed by atoms with E-state index in [1.165, 1.54) is 7.11 Å². The summed E-state index contributed by atoms with van der Waals surface area (Å²) in [6, 6.07) is 7.07. The van der Waals surface area contributed by atoms with Gasteiger partial charge in [-0.3, -0.25) is 0 Å². The molecule has 0 unspecified atom stereocenters. The Labute approximate surface area is 83.0 Å². The lowest BCUT2D eigenvalue weighted by atomic mass is 10.2. The zero-order chi connectivity index (χ0) is 10.4. The Kier molecular flexibility index (Phi) is 3.88. The normalized spacial score (nSPS) is 9.50. The number of carbonyl (C=O) groups excluding carboxylic acids is 1. The van der Waals surface area contributed by atoms with E-state index < -0.39 is 5.97 Å². The number of ether oxygens (including phenoxy) is 2. The summed E-state index contributed by atoms with van der Waals surface area (Å²) in [7, 11) is 1.45. The van der Waals surface area contributed by atoms with Crippen LogP contribution in [0.5, 0.6) is 5.75 Å². The second kappa shape index (κ2) is 5.19. The van der Waals surface area contributed by atoms with Gasteiger partial charge in [0.2, 0.25) is 0 Å². The Hall–Kier alpha value is -1.61. The number of methoxy groups -OCH3 is 1. The Bertz CT molecular complexity index is 314. The van der Waals surface area contributed by atoms with Crippen LogP contribution in [-0.4, -0.2) is 19.7 Å². The van der Waals surface area contributed by atoms with E-state index in [-0.39, 0.29) is 6.61 Å². The molecule has 0 bridgehead atoms. The molecule has 0 amide bonds. The molecule has 0 aliphatic rings. The van der Waals surface area contributed by atoms with Crippen LogP contribution in [0.4, 0.5) is 0 Å². The number of hydrogen-bond donors (Lipinski definition) is 0. The summed E-state index contributed by atoms with van der Waals surface area (Å²) in [6.45, 7) is 3.58. The van der Waals surface area contributed by atoms with Gasteiger partial charge in [0, 0.05) is 7.11 Å². The molecule has 0 aromatic heterocycles. The lowest BCUT2D eigenvalue weighted by Gasteiger charge is -2.03. The van der Waals surface area contributed by atoms with Gasteiger partial charge in [-0.05, 0) is 17.7 Å². The minimum atomic E-state index is -0.404. The summed E-state index contributed by atoms with van der Waals surface area (Å²) in [5.74, 6) is 0.108. The first-order chi connectivity index (χ1) is 6.76. The molecule has 0 radical (unpaired) electrons. The number of carbonyl (C=O) groups is 1. The first-order valence-electron chi connectivity index (χ1n) is 4.18. The molecule has 3 nitrogen and oxygen atoms in total. The van der Waals surface area contributed by atoms with Crippen LogP contribution in [0.1, 0.15) is 5.56 Å². The maximum Gasteiger partial charge on any atom is 0.337 e. The standard InChI is InChI=1S/C11H12O3/c1-3-9-4-6-10(7-5-9)14-11(12)8-13-2/h3-7H,1,8H2,2H3. The Balaban J connectivity index is 2.59. The van der Waals surface area contributed by atoms with Gasteiger partial charge in [0.25, 0.3) is 0 Å². The summed E-state index contributed by atoms with van der Waals surface area (Å²) in [4.78, 5) is 11.0. The second-order valence-electron chi connectivity index (χ2n) is 2.68. The second-order valence-corrected chi connectivity index (χ2v) is 2.68. The Morgan fingerprint density at radius 1 is 1.43 bits per heavy atom. The van der Waals surface area contributed by atoms with Gasteiger partial charge in [-0.15, -0.1) is 0 Å². The van der Waals surface area contributed by atoms with Crippen LogP contribution in [0, 0.1) is 0 Å². The van der Waals surface area contributed by atoms with Crippen LogP contribution in [0.2, 0.25) is 0 Å². The van der Waals surface area contributed by atoms with E-state index in [1.54, 1.807) is 18.2 Å². The quantitative estimate of drug-likeness (QED) is 0.539. The van der Waals surface area contributed by atoms with E-state index in [2.05, 4.69) is 11.3 Å². The predicted octanol–water partition coefficient (Wildman–Crippen LogP) is 1.88. The number of benzene rings is 1. The molecular formula is C11H12O3. The molecule has 1 aromatic rings. The van der Waals surface area contributed by atoms with Crippen molar-refractivity contribution in [3.8, 4) is 5.75 Å². The lowest BCUT2D eigenvalue weighted by molar-refractivity contribution is -0.138. The van der Waals surface area contributed by atoms with E-state index in [0.717, 1.165) is 5.56 Å². The van der Waals surface area contributed by atoms with Crippen molar-refractivity contribution < 1.29 is 14.3 Å². The van der Waals surface area contributed by atoms with Crippen LogP contribution in [-0.2, 0) is 9.53 Å². The fourth-order valence-electron chi connectivity index (χ4n) is 0.951. The summed E-state index contributed by atoms with van der Waals surface area (Å²) < 4.78 is 9.59. The average molecular weight is 192 g/mol. The maximum absolute atomic E-state index is 11.0. The fourth-order valence-corrected chi connectivity index (χ4v) is 0.951. The first kappa shape index (κ1) is 10.5. The van der Waals surface area contributed by atoms with Gasteiger partial charge < -0.3 is 9.47 Å². The number of esters is 1. The minimum absolute atomic E-state index is 0.0385. The molecule has 1 aromatic carbocycles. The molecule has 0 saturated heterocycles. The van der Waals surface area contributed by atoms with E-state index in [4.69, 9.17) is 4.74 Å². The van der Waals surface area contributed by atoms with Crippen LogP contribution < -0.4 is 4.74 Å². The van der Waals surface area contributed by atoms with Gasteiger partial charge in [0.15, 0.2) is 0 Å². The van der Waals surface area contributed by atoms with Crippen molar-refractivity contribution in [2.75, 3.05) is 13.7 Å². The molecule has 0 heterocycles. The topological polar surface area (TPSA) is 35.5 Å². The third-order valence-electron chi connectivity index (χ3n) is 1.61. The molecule has 0 aliphatic carbocycles. The van der Waals surface area contributed by atoms with Crippen LogP contribution in [0.25, 0.3) is 6.08 Å². The van der Waals surface area contributed by atoms with Gasteiger partial charge in [0.05, 0.1) is 0 Å². The van der Waals surface area contributed by atoms with Gasteiger partial charge in [-0.1, -0.05) is 24.8 Å². The highest BCUT2D eigenvalue weighted by atomic mass is 16.6. The lowest BCUT2D eigenvalue weighted by Crippen LogP contribution is -2.13. The molecule has 0 fully saturated rings. The highest BCUT2D eigenvalue weighted by Crippen LogP contribution is 2.12. The first-order valence-corrected chi connectivity index (χ1v) is 4.18. The number of hydrogen-bond acceptors (Lipinski definition) is 3. The van der Waals surface area contributed by atoms with E-state index in [1.807, 2.05) is 12.1 Å². The Morgan fingerprint density at radius 2 is 2.07 bits per heavy atom. The van der Waals surface area contributed by atoms with Crippen molar-refractivity contribution in [1.82, 2.24) is 0 Å². The number of rotatable bonds is 4. The molecule has 14 heavy (non-hydrogen) atoms. The Morgan fingerprint density at radius 3 is 2.57 bits per heavy atom. The van der Waals surface area contributed by atoms with E-state index >= 15 is 0 Å². The SMILES string of the molecule is C=Cc1ccc(OC(=O)COC)cc1. The van der Waals surface area contributed by atoms with Crippen molar-refractivity contribution in [2.45, 2.75) is 0 Å². The summed E-state index contributed by atoms with van der Waals surface area (Å²) in [5.41, 5.74) is 0.983. The minimum Gasteiger partial charge on any atom is -0.425 e. The van der Waals surface area contributed by atoms with Crippen molar-refractivity contribution in [3.63, 3.8) is 0 Å². The van der Waals surface area contributed by atoms with Gasteiger partial charge in [-0.2, -0.15) is 0 Å². The van der Waals surface area contributed by atoms with Crippen molar-refractivity contribution in [3.05, 3.63) is 36.4 Å². The van der Waals surface area contributed by atoms with Crippen LogP contribution >= 0.6 is 0 Å². The van der Waals surface area contributed by atoms with Crippen molar-refractivity contribution in [1.29, 1.82) is 0 Å². The smallest absolute Gasteiger partial charge is 0.337 e. The van der Waals surface area contributed by atoms with Gasteiger partial charge in [0.1, 0.15) is 12.4 Å². The molecule has 3 heteroatoms. The monoisotopic (exact) mass is 192 g/mol. The molecule has 0 aliphatic heterocycles. The summed E-state index contributed by atoms with van der Waals surface area (Å²) >= 11 is 0. The molecule has 0 atom stereocenters. The third kappa shape index (κ3) is 3.03. The molecular weight excluding hydrogens is 180 g/mol. The molecule has 1 rings (SSSR count). The molecule has 0 saturated carbocycles. The zero-order valence-corrected chi connectivity index (χ0v) is 8.03. The molecule has 0 spiro atoms. The predicted molar refractivity (Wildman–Crippen MR) is 54.0 cm³/mol. The highest BCUT2D eigenvalue weighted by molar-refractivity contribution is 5.73. The van der Waals surface area contributed by atoms with Crippen LogP contribution in [0.3, 0.4) is 0 Å². The largest absolute Gasteiger partial charge is 0.425 e. The van der Waals surface area contributed by atoms with Crippen LogP contribution in [0.15, 0.2) is 30.8 Å². The molecule has 0 N–H and O–H groups in total. The highest BCUT2D eigenvalue weighted by Gasteiger charge is 2.02. The van der Waals surface area contributed by atoms with Gasteiger partial charge in [-0.25, -0.2) is 4.79 Å². The summed E-state index contributed by atoms with van der Waals surface area (Å²) in [5, 5.41) is 0. The van der Waals surface area contributed by atoms with E-state index in [9.17, 15) is 4.79 Å². The van der Waals surface area contributed by atoms with Gasteiger partial charge >= 0.3 is 5.97 Å². The fraction of sp³-hybridized carbons (Fsp3) is 0.182. The van der Waals surface area contributed by atoms with Crippen molar-refractivity contribution >= 4 is 12.0 Å². The third-order valence-corrected chi connectivity index (χ3v) is 1.61. The molecule has 74 valence electrons. The summed E-state index contributed by atoms with van der Waals surface area (Å²) in [6.07, 6.45) is 1.72. The van der Waals surface area contributed by atoms with Crippen molar-refractivity contribution in [2.24, 2.45) is 0 Å². The van der Waals surface area contributed by atoms with E-state index in [0.29, 0.717) is 5.75 Å².